The molecule has 6 nitrogen and oxygen atoms in total. The first-order chi connectivity index (χ1) is 13.8. The molecule has 2 aromatic rings. The van der Waals surface area contributed by atoms with Crippen molar-refractivity contribution in [2.24, 2.45) is 0 Å². The van der Waals surface area contributed by atoms with Gasteiger partial charge in [0, 0.05) is 17.0 Å². The molecule has 0 saturated carbocycles. The summed E-state index contributed by atoms with van der Waals surface area (Å²) in [6.45, 7) is 0.723. The lowest BCUT2D eigenvalue weighted by molar-refractivity contribution is -0.137. The lowest BCUT2D eigenvalue weighted by Gasteiger charge is -2.22. The summed E-state index contributed by atoms with van der Waals surface area (Å²) in [6, 6.07) is 12.9. The second-order valence-corrected chi connectivity index (χ2v) is 10.3. The van der Waals surface area contributed by atoms with E-state index in [-0.39, 0.29) is 12.5 Å². The quantitative estimate of drug-likeness (QED) is 0.398. The van der Waals surface area contributed by atoms with Gasteiger partial charge in [-0.15, -0.1) is 0 Å². The Morgan fingerprint density at radius 1 is 1.10 bits per heavy atom. The maximum atomic E-state index is 13.2. The van der Waals surface area contributed by atoms with Gasteiger partial charge >= 0.3 is 5.97 Å². The Morgan fingerprint density at radius 3 is 2.59 bits per heavy atom. The summed E-state index contributed by atoms with van der Waals surface area (Å²) in [4.78, 5) is 10.9. The molecule has 0 saturated heterocycles. The number of sulfonamides is 1. The summed E-state index contributed by atoms with van der Waals surface area (Å²) < 4.78 is 28.7. The van der Waals surface area contributed by atoms with Crippen molar-refractivity contribution >= 4 is 44.3 Å². The number of nitrogens with one attached hydrogen (secondary N) is 1. The van der Waals surface area contributed by atoms with Gasteiger partial charge in [0.25, 0.3) is 10.0 Å². The van der Waals surface area contributed by atoms with E-state index >= 15 is 0 Å². The molecular weight excluding hydrogens is 503 g/mol. The van der Waals surface area contributed by atoms with Gasteiger partial charge in [0.2, 0.25) is 0 Å². The number of nitrogens with zero attached hydrogens (tertiary/aromatic N) is 1. The van der Waals surface area contributed by atoms with E-state index in [4.69, 9.17) is 5.11 Å². The third-order valence-corrected chi connectivity index (χ3v) is 7.68. The average Bonchev–Trinajstić information content (AvgIpc) is 2.75. The van der Waals surface area contributed by atoms with Crippen molar-refractivity contribution in [3.05, 3.63) is 57.2 Å². The van der Waals surface area contributed by atoms with Crippen molar-refractivity contribution in [1.82, 2.24) is 5.32 Å². The van der Waals surface area contributed by atoms with E-state index < -0.39 is 16.0 Å². The Hall–Kier alpha value is -1.65. The molecule has 8 heteroatoms. The summed E-state index contributed by atoms with van der Waals surface area (Å²) in [6.07, 6.45) is 3.61. The normalized spacial score (nSPS) is 17.3. The molecule has 29 heavy (non-hydrogen) atoms. The predicted octanol–water partition coefficient (Wildman–Crippen LogP) is 4.14. The van der Waals surface area contributed by atoms with Gasteiger partial charge in [0.15, 0.2) is 0 Å². The fourth-order valence-corrected chi connectivity index (χ4v) is 5.84. The van der Waals surface area contributed by atoms with E-state index in [1.165, 1.54) is 4.31 Å². The van der Waals surface area contributed by atoms with Crippen LogP contribution in [0, 0.1) is 3.57 Å². The Labute approximate surface area is 185 Å². The second kappa shape index (κ2) is 9.44. The van der Waals surface area contributed by atoms with Crippen LogP contribution in [0.2, 0.25) is 0 Å². The van der Waals surface area contributed by atoms with Crippen LogP contribution >= 0.6 is 22.6 Å². The minimum Gasteiger partial charge on any atom is -0.481 e. The smallest absolute Gasteiger partial charge is 0.303 e. The number of carboxylic acid groups (broad SMARTS) is 1. The standard InChI is InChI=1S/C21H25IN2O4S/c1-24-18-9-6-5-8-16(18)21(23-13-7-3-2-4-10-20(25)26)17-12-11-15(22)14-19(17)29(24,27)28/h5-6,8-9,11-12,14,21,23H,2-4,7,10,13H2,1H3,(H,25,26). The van der Waals surface area contributed by atoms with Crippen molar-refractivity contribution in [1.29, 1.82) is 0 Å². The molecule has 2 N–H and O–H groups in total. The van der Waals surface area contributed by atoms with E-state index in [9.17, 15) is 13.2 Å². The van der Waals surface area contributed by atoms with Crippen molar-refractivity contribution in [3.63, 3.8) is 0 Å². The van der Waals surface area contributed by atoms with Crippen LogP contribution in [0.5, 0.6) is 0 Å². The molecule has 3 rings (SSSR count). The second-order valence-electron chi connectivity index (χ2n) is 7.16. The number of rotatable bonds is 8. The molecular formula is C21H25IN2O4S. The molecule has 1 aliphatic rings. The molecule has 1 aliphatic heterocycles. The average molecular weight is 528 g/mol. The summed E-state index contributed by atoms with van der Waals surface area (Å²) in [5, 5.41) is 12.3. The fourth-order valence-electron chi connectivity index (χ4n) is 3.65. The van der Waals surface area contributed by atoms with Gasteiger partial charge in [0.1, 0.15) is 0 Å². The summed E-state index contributed by atoms with van der Waals surface area (Å²) >= 11 is 2.14. The maximum absolute atomic E-state index is 13.2. The minimum absolute atomic E-state index is 0.208. The largest absolute Gasteiger partial charge is 0.481 e. The van der Waals surface area contributed by atoms with E-state index in [1.807, 2.05) is 36.4 Å². The van der Waals surface area contributed by atoms with Crippen LogP contribution < -0.4 is 9.62 Å². The maximum Gasteiger partial charge on any atom is 0.303 e. The number of hydrogen-bond donors (Lipinski definition) is 2. The van der Waals surface area contributed by atoms with E-state index in [0.29, 0.717) is 17.0 Å². The Balaban J connectivity index is 1.85. The monoisotopic (exact) mass is 528 g/mol. The number of halogens is 1. The molecule has 0 bridgehead atoms. The van der Waals surface area contributed by atoms with Gasteiger partial charge in [-0.05, 0) is 71.3 Å². The lowest BCUT2D eigenvalue weighted by atomic mass is 9.96. The highest BCUT2D eigenvalue weighted by molar-refractivity contribution is 14.1. The third-order valence-electron chi connectivity index (χ3n) is 5.18. The minimum atomic E-state index is -3.64. The van der Waals surface area contributed by atoms with Crippen molar-refractivity contribution in [2.75, 3.05) is 17.9 Å². The zero-order chi connectivity index (χ0) is 21.0. The van der Waals surface area contributed by atoms with Crippen molar-refractivity contribution in [2.45, 2.75) is 43.0 Å². The van der Waals surface area contributed by atoms with Gasteiger partial charge in [-0.1, -0.05) is 37.1 Å². The zero-order valence-electron chi connectivity index (χ0n) is 16.3. The van der Waals surface area contributed by atoms with Crippen LogP contribution in [0.15, 0.2) is 47.4 Å². The van der Waals surface area contributed by atoms with Crippen LogP contribution in [-0.4, -0.2) is 33.1 Å². The number of carbonyl (C=O) groups is 1. The Bertz CT molecular complexity index is 994. The first-order valence-electron chi connectivity index (χ1n) is 9.65. The summed E-state index contributed by atoms with van der Waals surface area (Å²) in [5.41, 5.74) is 2.37. The molecule has 0 amide bonds. The van der Waals surface area contributed by atoms with Gasteiger partial charge in [-0.25, -0.2) is 8.42 Å². The number of hydrogen-bond acceptors (Lipinski definition) is 4. The molecule has 156 valence electrons. The number of aliphatic carboxylic acids is 1. The summed E-state index contributed by atoms with van der Waals surface area (Å²) in [5.74, 6) is -0.755. The highest BCUT2D eigenvalue weighted by atomic mass is 127. The van der Waals surface area contributed by atoms with E-state index in [2.05, 4.69) is 27.9 Å². The van der Waals surface area contributed by atoms with E-state index in [0.717, 1.165) is 40.5 Å². The number of para-hydroxylation sites is 1. The highest BCUT2D eigenvalue weighted by Gasteiger charge is 2.34. The van der Waals surface area contributed by atoms with Crippen LogP contribution in [0.1, 0.15) is 49.3 Å². The Morgan fingerprint density at radius 2 is 1.83 bits per heavy atom. The van der Waals surface area contributed by atoms with Gasteiger partial charge < -0.3 is 10.4 Å². The first-order valence-corrected chi connectivity index (χ1v) is 12.2. The Kier molecular flexibility index (Phi) is 7.18. The van der Waals surface area contributed by atoms with Gasteiger partial charge in [-0.2, -0.15) is 0 Å². The molecule has 0 fully saturated rings. The number of fused-ring (bicyclic) bond motifs is 2. The molecule has 0 aromatic heterocycles. The molecule has 0 radical (unpaired) electrons. The zero-order valence-corrected chi connectivity index (χ0v) is 19.2. The molecule has 0 spiro atoms. The number of unbranched alkanes of at least 4 members (excludes halogenated alkanes) is 3. The number of carboxylic acids is 1. The number of anilines is 1. The summed E-state index contributed by atoms with van der Waals surface area (Å²) in [7, 11) is -2.04. The lowest BCUT2D eigenvalue weighted by Crippen LogP contribution is -2.26. The van der Waals surface area contributed by atoms with E-state index in [1.54, 1.807) is 13.1 Å². The molecule has 0 aliphatic carbocycles. The fraction of sp³-hybridized carbons (Fsp3) is 0.381. The van der Waals surface area contributed by atoms with Crippen molar-refractivity contribution in [3.8, 4) is 0 Å². The first kappa shape index (κ1) is 22.0. The van der Waals surface area contributed by atoms with Gasteiger partial charge in [-0.3, -0.25) is 9.10 Å². The molecule has 1 unspecified atom stereocenters. The molecule has 2 aromatic carbocycles. The molecule has 1 heterocycles. The van der Waals surface area contributed by atoms with Crippen LogP contribution in [-0.2, 0) is 14.8 Å². The predicted molar refractivity (Wildman–Crippen MR) is 122 cm³/mol. The molecule has 1 atom stereocenters. The van der Waals surface area contributed by atoms with Crippen molar-refractivity contribution < 1.29 is 18.3 Å². The van der Waals surface area contributed by atoms with Crippen LogP contribution in [0.3, 0.4) is 0 Å². The number of benzene rings is 2. The highest BCUT2D eigenvalue weighted by Crippen LogP contribution is 2.40. The topological polar surface area (TPSA) is 86.7 Å². The van der Waals surface area contributed by atoms with Gasteiger partial charge in [0.05, 0.1) is 16.6 Å². The third kappa shape index (κ3) is 4.92. The van der Waals surface area contributed by atoms with Crippen LogP contribution in [0.4, 0.5) is 5.69 Å². The van der Waals surface area contributed by atoms with Crippen LogP contribution in [0.25, 0.3) is 0 Å². The SMILES string of the molecule is CN1c2ccccc2C(NCCCCCCC(=O)O)c2ccc(I)cc2S1(=O)=O.